The van der Waals surface area contributed by atoms with E-state index >= 15 is 0 Å². The highest BCUT2D eigenvalue weighted by molar-refractivity contribution is 7.91. The molecular weight excluding hydrogens is 643 g/mol. The summed E-state index contributed by atoms with van der Waals surface area (Å²) in [5.41, 5.74) is 2.44. The van der Waals surface area contributed by atoms with E-state index in [1.54, 1.807) is 17.6 Å². The van der Waals surface area contributed by atoms with Crippen molar-refractivity contribution < 1.29 is 45.5 Å². The van der Waals surface area contributed by atoms with Crippen LogP contribution in [0.25, 0.3) is 0 Å². The molecule has 4 rings (SSSR count). The highest BCUT2D eigenvalue weighted by Gasteiger charge is 2.55. The fraction of sp³-hybridized carbons (Fsp3) is 0.731. The van der Waals surface area contributed by atoms with E-state index in [-0.39, 0.29) is 62.4 Å². The third-order valence-corrected chi connectivity index (χ3v) is 11.0. The molecule has 0 aromatic heterocycles. The molecule has 3 fully saturated rings. The second-order valence-corrected chi connectivity index (χ2v) is 13.1. The Balaban J connectivity index is 0.00000323. The summed E-state index contributed by atoms with van der Waals surface area (Å²) in [6.45, 7) is 4.41. The Morgan fingerprint density at radius 1 is 1.00 bits per heavy atom. The van der Waals surface area contributed by atoms with Gasteiger partial charge in [-0.2, -0.15) is 8.78 Å². The first-order chi connectivity index (χ1) is 19.5. The summed E-state index contributed by atoms with van der Waals surface area (Å²) in [5.74, 6) is -5.16. The van der Waals surface area contributed by atoms with Gasteiger partial charge in [0.05, 0.1) is 13.2 Å². The van der Waals surface area contributed by atoms with Gasteiger partial charge in [0.15, 0.2) is 11.4 Å². The SMILES string of the molecule is Cl.Cl.O=C(NO)C1(S(=O)(=O)N2CCC(c3ccc(OCC(F)(F)C(F)F)cc3)CC2)CCN(CCN2CCOCC2)CC1. The fourth-order valence-corrected chi connectivity index (χ4v) is 7.87. The highest BCUT2D eigenvalue weighted by atomic mass is 35.5. The molecule has 0 unspecified atom stereocenters. The summed E-state index contributed by atoms with van der Waals surface area (Å²) in [4.78, 5) is 17.3. The van der Waals surface area contributed by atoms with Crippen molar-refractivity contribution in [2.45, 2.75) is 48.7 Å². The topological polar surface area (TPSA) is 112 Å². The molecule has 3 saturated heterocycles. The minimum atomic E-state index is -4.25. The van der Waals surface area contributed by atoms with Gasteiger partial charge in [0.2, 0.25) is 10.0 Å². The summed E-state index contributed by atoms with van der Waals surface area (Å²) < 4.78 is 88.4. The smallest absolute Gasteiger partial charge is 0.340 e. The molecule has 3 aliphatic heterocycles. The zero-order valence-electron chi connectivity index (χ0n) is 23.6. The number of nitrogens with zero attached hydrogens (tertiary/aromatic N) is 3. The molecule has 3 aliphatic rings. The normalized spacial score (nSPS) is 21.1. The van der Waals surface area contributed by atoms with Gasteiger partial charge in [0.25, 0.3) is 5.91 Å². The third kappa shape index (κ3) is 8.84. The van der Waals surface area contributed by atoms with Gasteiger partial charge < -0.3 is 14.4 Å². The number of carbonyl (C=O) groups is 1. The number of morpholine rings is 1. The fourth-order valence-electron chi connectivity index (χ4n) is 5.70. The molecule has 1 amide bonds. The van der Waals surface area contributed by atoms with Crippen molar-refractivity contribution in [1.29, 1.82) is 0 Å². The van der Waals surface area contributed by atoms with E-state index < -0.39 is 39.6 Å². The number of ether oxygens (including phenoxy) is 2. The van der Waals surface area contributed by atoms with Crippen LogP contribution >= 0.6 is 24.8 Å². The van der Waals surface area contributed by atoms with Gasteiger partial charge in [0, 0.05) is 52.4 Å². The zero-order valence-corrected chi connectivity index (χ0v) is 26.1. The number of halogens is 6. The van der Waals surface area contributed by atoms with Crippen molar-refractivity contribution >= 4 is 40.7 Å². The van der Waals surface area contributed by atoms with Crippen LogP contribution in [0.3, 0.4) is 0 Å². The number of amides is 1. The van der Waals surface area contributed by atoms with Crippen LogP contribution in [-0.2, 0) is 19.6 Å². The van der Waals surface area contributed by atoms with Crippen LogP contribution in [0.5, 0.6) is 5.75 Å². The van der Waals surface area contributed by atoms with E-state index in [2.05, 4.69) is 9.80 Å². The molecule has 0 radical (unpaired) electrons. The molecule has 43 heavy (non-hydrogen) atoms. The minimum Gasteiger partial charge on any atom is -0.487 e. The standard InChI is InChI=1S/C26H38F4N4O6S.2ClH/c27-23(28)26(29,30)19-40-22-3-1-20(2-4-22)21-5-9-34(10-6-21)41(37,38)25(24(35)31-36)7-11-32(12-8-25)13-14-33-15-17-39-18-16-33;;/h1-4,21,23,36H,5-19H2,(H,31,35);2*1H. The Morgan fingerprint density at radius 3 is 2.05 bits per heavy atom. The number of benzene rings is 1. The summed E-state index contributed by atoms with van der Waals surface area (Å²) >= 11 is 0. The van der Waals surface area contributed by atoms with Crippen molar-refractivity contribution in [3.05, 3.63) is 29.8 Å². The van der Waals surface area contributed by atoms with Gasteiger partial charge in [0.1, 0.15) is 5.75 Å². The monoisotopic (exact) mass is 682 g/mol. The number of piperidine rings is 2. The van der Waals surface area contributed by atoms with Gasteiger partial charge in [-0.1, -0.05) is 12.1 Å². The largest absolute Gasteiger partial charge is 0.487 e. The summed E-state index contributed by atoms with van der Waals surface area (Å²) in [6, 6.07) is 6.15. The number of nitrogens with one attached hydrogen (secondary N) is 1. The number of hydrogen-bond donors (Lipinski definition) is 2. The summed E-state index contributed by atoms with van der Waals surface area (Å²) in [7, 11) is -4.10. The molecule has 0 saturated carbocycles. The summed E-state index contributed by atoms with van der Waals surface area (Å²) in [5, 5.41) is 9.47. The van der Waals surface area contributed by atoms with Crippen molar-refractivity contribution in [1.82, 2.24) is 19.6 Å². The lowest BCUT2D eigenvalue weighted by molar-refractivity contribution is -0.148. The second kappa shape index (κ2) is 16.2. The Bertz CT molecular complexity index is 1120. The zero-order chi connectivity index (χ0) is 29.7. The predicted molar refractivity (Wildman–Crippen MR) is 155 cm³/mol. The summed E-state index contributed by atoms with van der Waals surface area (Å²) in [6.07, 6.45) is -2.76. The van der Waals surface area contributed by atoms with Crippen LogP contribution in [0.2, 0.25) is 0 Å². The molecule has 0 aliphatic carbocycles. The van der Waals surface area contributed by atoms with Crippen molar-refractivity contribution in [3.63, 3.8) is 0 Å². The first kappa shape index (κ1) is 37.7. The minimum absolute atomic E-state index is 0. The molecule has 0 atom stereocenters. The van der Waals surface area contributed by atoms with Crippen molar-refractivity contribution in [2.24, 2.45) is 0 Å². The van der Waals surface area contributed by atoms with E-state index in [4.69, 9.17) is 9.47 Å². The predicted octanol–water partition coefficient (Wildman–Crippen LogP) is 2.99. The first-order valence-electron chi connectivity index (χ1n) is 13.8. The quantitative estimate of drug-likeness (QED) is 0.208. The maximum atomic E-state index is 13.8. The highest BCUT2D eigenvalue weighted by Crippen LogP contribution is 2.37. The molecule has 3 heterocycles. The molecule has 0 spiro atoms. The Kier molecular flexibility index (Phi) is 14.2. The third-order valence-electron chi connectivity index (χ3n) is 8.40. The van der Waals surface area contributed by atoms with Crippen LogP contribution in [0.4, 0.5) is 17.6 Å². The van der Waals surface area contributed by atoms with E-state index in [1.807, 2.05) is 0 Å². The van der Waals surface area contributed by atoms with Gasteiger partial charge in [-0.15, -0.1) is 24.8 Å². The van der Waals surface area contributed by atoms with Crippen LogP contribution < -0.4 is 10.2 Å². The molecule has 10 nitrogen and oxygen atoms in total. The van der Waals surface area contributed by atoms with Gasteiger partial charge in [-0.3, -0.25) is 14.9 Å². The molecule has 1 aromatic rings. The molecule has 248 valence electrons. The van der Waals surface area contributed by atoms with E-state index in [0.29, 0.717) is 39.1 Å². The molecule has 1 aromatic carbocycles. The number of hydrogen-bond acceptors (Lipinski definition) is 8. The second-order valence-electron chi connectivity index (χ2n) is 10.8. The average Bonchev–Trinajstić information content (AvgIpc) is 2.99. The van der Waals surface area contributed by atoms with Gasteiger partial charge >= 0.3 is 12.3 Å². The molecule has 0 bridgehead atoms. The van der Waals surface area contributed by atoms with Crippen LogP contribution in [0.15, 0.2) is 24.3 Å². The number of hydroxylamine groups is 1. The Labute approximate surface area is 261 Å². The van der Waals surface area contributed by atoms with Crippen molar-refractivity contribution in [2.75, 3.05) is 72.2 Å². The Morgan fingerprint density at radius 2 is 1.53 bits per heavy atom. The van der Waals surface area contributed by atoms with E-state index in [1.165, 1.54) is 16.4 Å². The number of rotatable bonds is 11. The first-order valence-corrected chi connectivity index (χ1v) is 15.3. The number of carbonyl (C=O) groups excluding carboxylic acids is 1. The lowest BCUT2D eigenvalue weighted by Gasteiger charge is -2.43. The number of alkyl halides is 4. The van der Waals surface area contributed by atoms with Crippen LogP contribution in [0.1, 0.15) is 37.2 Å². The maximum Gasteiger partial charge on any atom is 0.340 e. The maximum absolute atomic E-state index is 13.8. The lowest BCUT2D eigenvalue weighted by Crippen LogP contribution is -2.62. The molecule has 2 N–H and O–H groups in total. The molecular formula is C26H40Cl2F4N4O6S. The molecule has 17 heteroatoms. The van der Waals surface area contributed by atoms with Crippen LogP contribution in [-0.4, -0.2) is 123 Å². The Hall–Kier alpha value is -1.46. The van der Waals surface area contributed by atoms with Gasteiger partial charge in [-0.05, 0) is 49.3 Å². The van der Waals surface area contributed by atoms with Crippen molar-refractivity contribution in [3.8, 4) is 5.75 Å². The average molecular weight is 684 g/mol. The van der Waals surface area contributed by atoms with E-state index in [9.17, 15) is 36.0 Å². The number of likely N-dealkylation sites (tertiary alicyclic amines) is 1. The van der Waals surface area contributed by atoms with Crippen LogP contribution in [0, 0.1) is 0 Å². The number of sulfonamides is 1. The van der Waals surface area contributed by atoms with Gasteiger partial charge in [-0.25, -0.2) is 27.0 Å². The van der Waals surface area contributed by atoms with E-state index in [0.717, 1.165) is 31.7 Å². The lowest BCUT2D eigenvalue weighted by atomic mass is 9.90.